The van der Waals surface area contributed by atoms with Crippen LogP contribution >= 0.6 is 0 Å². The van der Waals surface area contributed by atoms with Crippen molar-refractivity contribution in [3.63, 3.8) is 0 Å². The van der Waals surface area contributed by atoms with Gasteiger partial charge in [-0.05, 0) is 25.9 Å². The van der Waals surface area contributed by atoms with Gasteiger partial charge in [0.25, 0.3) is 0 Å². The van der Waals surface area contributed by atoms with E-state index in [9.17, 15) is 0 Å². The van der Waals surface area contributed by atoms with E-state index in [1.54, 1.807) is 0 Å². The molecule has 0 unspecified atom stereocenters. The van der Waals surface area contributed by atoms with E-state index < -0.39 is 0 Å². The normalized spacial score (nSPS) is 11.2. The van der Waals surface area contributed by atoms with Crippen molar-refractivity contribution in [1.29, 1.82) is 0 Å². The highest BCUT2D eigenvalue weighted by Gasteiger charge is 1.97. The number of halogens is 1. The molecule has 1 nitrogen and oxygen atoms in total. The lowest BCUT2D eigenvalue weighted by Gasteiger charge is -2.06. The number of unbranched alkanes of at least 4 members (excludes halogenated alkanes) is 30. The van der Waals surface area contributed by atoms with Gasteiger partial charge in [-0.15, -0.1) is 0 Å². The molecule has 0 saturated carbocycles. The van der Waals surface area contributed by atoms with Crippen molar-refractivity contribution in [2.45, 2.75) is 219 Å². The Labute approximate surface area is 254 Å². The van der Waals surface area contributed by atoms with Crippen LogP contribution in [0.15, 0.2) is 0 Å². The zero-order valence-corrected chi connectivity index (χ0v) is 28.5. The molecule has 0 spiro atoms. The molecule has 232 valence electrons. The van der Waals surface area contributed by atoms with Crippen LogP contribution in [0.4, 0.5) is 0 Å². The van der Waals surface area contributed by atoms with Gasteiger partial charge < -0.3 is 22.3 Å². The van der Waals surface area contributed by atoms with Crippen molar-refractivity contribution in [1.82, 2.24) is 5.32 Å². The molecule has 0 aliphatic rings. The standard InChI is InChI=1S/C36H75N.BrH/c1-3-5-7-9-11-13-15-17-19-21-23-25-27-29-31-33-35-37-36-34-32-30-28-26-24-22-20-18-16-14-12-10-8-6-4-2;/h37H,3-36H2,1-2H3;1H/p-1. The van der Waals surface area contributed by atoms with E-state index in [2.05, 4.69) is 19.2 Å². The molecule has 38 heavy (non-hydrogen) atoms. The summed E-state index contributed by atoms with van der Waals surface area (Å²) >= 11 is 0. The van der Waals surface area contributed by atoms with Gasteiger partial charge in [0, 0.05) is 0 Å². The SMILES string of the molecule is CCCCCCCCCCCCCCCCCCNCCCCCCCCCCCCCCCCCC.[Br-]. The average Bonchev–Trinajstić information content (AvgIpc) is 2.91. The lowest BCUT2D eigenvalue weighted by atomic mass is 10.0. The first-order chi connectivity index (χ1) is 18.4. The van der Waals surface area contributed by atoms with E-state index in [-0.39, 0.29) is 17.0 Å². The van der Waals surface area contributed by atoms with Crippen LogP contribution in [0.1, 0.15) is 219 Å². The Kier molecular flexibility index (Phi) is 42.3. The smallest absolute Gasteiger partial charge is 0.00489 e. The summed E-state index contributed by atoms with van der Waals surface area (Å²) in [6, 6.07) is 0. The first kappa shape index (κ1) is 40.6. The highest BCUT2D eigenvalue weighted by Crippen LogP contribution is 2.15. The lowest BCUT2D eigenvalue weighted by Crippen LogP contribution is -3.00. The molecule has 0 radical (unpaired) electrons. The van der Waals surface area contributed by atoms with Gasteiger partial charge in [-0.2, -0.15) is 0 Å². The predicted octanol–water partition coefficient (Wildman–Crippen LogP) is 10.1. The maximum Gasteiger partial charge on any atom is -0.00489 e. The third kappa shape index (κ3) is 38.6. The van der Waals surface area contributed by atoms with Gasteiger partial charge in [0.15, 0.2) is 0 Å². The summed E-state index contributed by atoms with van der Waals surface area (Å²) in [6.45, 7) is 7.11. The van der Waals surface area contributed by atoms with Crippen molar-refractivity contribution in [3.05, 3.63) is 0 Å². The van der Waals surface area contributed by atoms with Crippen LogP contribution in [0.25, 0.3) is 0 Å². The zero-order valence-electron chi connectivity index (χ0n) is 26.9. The Morgan fingerprint density at radius 3 is 0.579 bits per heavy atom. The molecular weight excluding hydrogens is 526 g/mol. The number of rotatable bonds is 34. The topological polar surface area (TPSA) is 12.0 Å². The summed E-state index contributed by atoms with van der Waals surface area (Å²) in [5.74, 6) is 0. The summed E-state index contributed by atoms with van der Waals surface area (Å²) in [5.41, 5.74) is 0. The van der Waals surface area contributed by atoms with E-state index in [0.717, 1.165) is 0 Å². The molecule has 0 saturated heterocycles. The minimum atomic E-state index is 0. The van der Waals surface area contributed by atoms with Gasteiger partial charge in [-0.3, -0.25) is 0 Å². The average molecular weight is 602 g/mol. The fourth-order valence-electron chi connectivity index (χ4n) is 5.72. The van der Waals surface area contributed by atoms with E-state index in [0.29, 0.717) is 0 Å². The largest absolute Gasteiger partial charge is 1.00 e. The quantitative estimate of drug-likeness (QED) is 0.0724. The minimum absolute atomic E-state index is 0. The van der Waals surface area contributed by atoms with Crippen molar-refractivity contribution >= 4 is 0 Å². The molecule has 0 fully saturated rings. The van der Waals surface area contributed by atoms with E-state index in [1.807, 2.05) is 0 Å². The Morgan fingerprint density at radius 2 is 0.395 bits per heavy atom. The van der Waals surface area contributed by atoms with Crippen LogP contribution < -0.4 is 22.3 Å². The second kappa shape index (κ2) is 39.6. The third-order valence-electron chi connectivity index (χ3n) is 8.41. The first-order valence-corrected chi connectivity index (χ1v) is 18.1. The Balaban J connectivity index is 0. The molecule has 0 rings (SSSR count). The van der Waals surface area contributed by atoms with Gasteiger partial charge in [-0.1, -0.05) is 206 Å². The molecule has 0 bridgehead atoms. The van der Waals surface area contributed by atoms with Gasteiger partial charge in [0.1, 0.15) is 0 Å². The summed E-state index contributed by atoms with van der Waals surface area (Å²) in [6.07, 6.45) is 46.7. The van der Waals surface area contributed by atoms with E-state index in [4.69, 9.17) is 0 Å². The van der Waals surface area contributed by atoms with E-state index in [1.165, 1.54) is 219 Å². The molecule has 0 atom stereocenters. The minimum Gasteiger partial charge on any atom is -1.00 e. The van der Waals surface area contributed by atoms with Crippen LogP contribution in [0.2, 0.25) is 0 Å². The van der Waals surface area contributed by atoms with Gasteiger partial charge in [0.05, 0.1) is 0 Å². The lowest BCUT2D eigenvalue weighted by molar-refractivity contribution is -0.00000831. The second-order valence-corrected chi connectivity index (χ2v) is 12.4. The van der Waals surface area contributed by atoms with Crippen molar-refractivity contribution in [3.8, 4) is 0 Å². The van der Waals surface area contributed by atoms with Crippen LogP contribution in [0.3, 0.4) is 0 Å². The molecule has 0 aromatic rings. The highest BCUT2D eigenvalue weighted by atomic mass is 79.9. The maximum absolute atomic E-state index is 3.68. The first-order valence-electron chi connectivity index (χ1n) is 18.1. The van der Waals surface area contributed by atoms with Crippen LogP contribution in [-0.2, 0) is 0 Å². The summed E-state index contributed by atoms with van der Waals surface area (Å²) in [4.78, 5) is 0. The fraction of sp³-hybridized carbons (Fsp3) is 1.00. The molecular formula is C36H75BrN-. The summed E-state index contributed by atoms with van der Waals surface area (Å²) < 4.78 is 0. The third-order valence-corrected chi connectivity index (χ3v) is 8.41. The number of hydrogen-bond donors (Lipinski definition) is 1. The number of hydrogen-bond acceptors (Lipinski definition) is 1. The van der Waals surface area contributed by atoms with Crippen LogP contribution in [0.5, 0.6) is 0 Å². The molecule has 0 heterocycles. The van der Waals surface area contributed by atoms with Crippen LogP contribution in [-0.4, -0.2) is 13.1 Å². The van der Waals surface area contributed by atoms with Crippen LogP contribution in [0, 0.1) is 0 Å². The van der Waals surface area contributed by atoms with Gasteiger partial charge >= 0.3 is 0 Å². The molecule has 0 aromatic carbocycles. The number of nitrogens with one attached hydrogen (secondary N) is 1. The van der Waals surface area contributed by atoms with Crippen molar-refractivity contribution < 1.29 is 17.0 Å². The summed E-state index contributed by atoms with van der Waals surface area (Å²) in [7, 11) is 0. The molecule has 0 aliphatic carbocycles. The highest BCUT2D eigenvalue weighted by molar-refractivity contribution is 4.54. The van der Waals surface area contributed by atoms with Crippen molar-refractivity contribution in [2.75, 3.05) is 13.1 Å². The van der Waals surface area contributed by atoms with E-state index >= 15 is 0 Å². The molecule has 0 amide bonds. The Morgan fingerprint density at radius 1 is 0.237 bits per heavy atom. The van der Waals surface area contributed by atoms with Crippen molar-refractivity contribution in [2.24, 2.45) is 0 Å². The molecule has 0 aliphatic heterocycles. The predicted molar refractivity (Wildman–Crippen MR) is 172 cm³/mol. The summed E-state index contributed by atoms with van der Waals surface area (Å²) in [5, 5.41) is 3.68. The maximum atomic E-state index is 3.68. The Hall–Kier alpha value is 0.440. The monoisotopic (exact) mass is 601 g/mol. The van der Waals surface area contributed by atoms with Gasteiger partial charge in [0.2, 0.25) is 0 Å². The van der Waals surface area contributed by atoms with Gasteiger partial charge in [-0.25, -0.2) is 0 Å². The molecule has 1 N–H and O–H groups in total. The Bertz CT molecular complexity index is 338. The molecule has 2 heteroatoms. The fourth-order valence-corrected chi connectivity index (χ4v) is 5.72. The second-order valence-electron chi connectivity index (χ2n) is 12.4. The zero-order chi connectivity index (χ0) is 26.7. The molecule has 0 aromatic heterocycles.